The van der Waals surface area contributed by atoms with E-state index in [1.54, 1.807) is 12.1 Å². The summed E-state index contributed by atoms with van der Waals surface area (Å²) in [7, 11) is 0. The van der Waals surface area contributed by atoms with Gasteiger partial charge < -0.3 is 5.11 Å². The van der Waals surface area contributed by atoms with Gasteiger partial charge in [-0.05, 0) is 79.2 Å². The van der Waals surface area contributed by atoms with Crippen LogP contribution >= 0.6 is 0 Å². The zero-order valence-electron chi connectivity index (χ0n) is 13.8. The molecule has 0 spiro atoms. The molecule has 2 aromatic rings. The monoisotopic (exact) mass is 327 g/mol. The average Bonchev–Trinajstić information content (AvgIpc) is 3.12. The molecule has 2 aliphatic carbocycles. The normalized spacial score (nSPS) is 30.4. The molecule has 4 rings (SSSR count). The van der Waals surface area contributed by atoms with Crippen molar-refractivity contribution in [1.29, 1.82) is 0 Å². The van der Waals surface area contributed by atoms with Gasteiger partial charge in [-0.1, -0.05) is 6.92 Å². The third kappa shape index (κ3) is 2.58. The summed E-state index contributed by atoms with van der Waals surface area (Å²) in [5.41, 5.74) is 2.06. The fourth-order valence-corrected chi connectivity index (χ4v) is 5.02. The van der Waals surface area contributed by atoms with Crippen LogP contribution in [-0.4, -0.2) is 16.1 Å². The standard InChI is InChI=1S/C20H22FNO2/c1-11(20(23)24)12-6-13-8-15(9-14(13)7-12)17-4-5-22-19-3-2-16(21)10-18(17)19/h2-5,10-15H,6-9H2,1H3,(H,23,24)/t11?,12-,13-,14+,15+. The molecule has 1 unspecified atom stereocenters. The van der Waals surface area contributed by atoms with Crippen LogP contribution in [0.25, 0.3) is 10.9 Å². The van der Waals surface area contributed by atoms with Crippen molar-refractivity contribution in [1.82, 2.24) is 4.98 Å². The maximum Gasteiger partial charge on any atom is 0.306 e. The van der Waals surface area contributed by atoms with Crippen LogP contribution < -0.4 is 0 Å². The molecular formula is C20H22FNO2. The highest BCUT2D eigenvalue weighted by atomic mass is 19.1. The summed E-state index contributed by atoms with van der Waals surface area (Å²) in [6, 6.07) is 6.83. The van der Waals surface area contributed by atoms with Crippen molar-refractivity contribution < 1.29 is 14.3 Å². The number of benzene rings is 1. The number of rotatable bonds is 3. The Labute approximate surface area is 140 Å². The molecular weight excluding hydrogens is 305 g/mol. The second-order valence-corrected chi connectivity index (χ2v) is 7.61. The van der Waals surface area contributed by atoms with Crippen LogP contribution in [0, 0.1) is 29.5 Å². The van der Waals surface area contributed by atoms with Gasteiger partial charge in [0.05, 0.1) is 11.4 Å². The van der Waals surface area contributed by atoms with Gasteiger partial charge in [0.25, 0.3) is 0 Å². The quantitative estimate of drug-likeness (QED) is 0.895. The Morgan fingerprint density at radius 3 is 2.58 bits per heavy atom. The van der Waals surface area contributed by atoms with Gasteiger partial charge in [0.15, 0.2) is 0 Å². The van der Waals surface area contributed by atoms with Crippen LogP contribution in [-0.2, 0) is 4.79 Å². The Bertz CT molecular complexity index is 776. The van der Waals surface area contributed by atoms with Crippen molar-refractivity contribution in [2.75, 3.05) is 0 Å². The van der Waals surface area contributed by atoms with E-state index in [0.29, 0.717) is 23.7 Å². The topological polar surface area (TPSA) is 50.2 Å². The molecule has 1 heterocycles. The van der Waals surface area contributed by atoms with Gasteiger partial charge in [-0.3, -0.25) is 9.78 Å². The van der Waals surface area contributed by atoms with Crippen molar-refractivity contribution in [3.05, 3.63) is 41.8 Å². The first kappa shape index (κ1) is 15.6. The number of fused-ring (bicyclic) bond motifs is 2. The number of hydrogen-bond acceptors (Lipinski definition) is 2. The van der Waals surface area contributed by atoms with Crippen LogP contribution in [0.5, 0.6) is 0 Å². The largest absolute Gasteiger partial charge is 0.481 e. The number of carboxylic acid groups (broad SMARTS) is 1. The first-order valence-electron chi connectivity index (χ1n) is 8.80. The van der Waals surface area contributed by atoms with Gasteiger partial charge in [0, 0.05) is 11.6 Å². The molecule has 3 nitrogen and oxygen atoms in total. The molecule has 126 valence electrons. The predicted octanol–water partition coefficient (Wildman–Crippen LogP) is 4.61. The molecule has 1 N–H and O–H groups in total. The lowest BCUT2D eigenvalue weighted by Gasteiger charge is -2.19. The predicted molar refractivity (Wildman–Crippen MR) is 90.2 cm³/mol. The summed E-state index contributed by atoms with van der Waals surface area (Å²) in [6.45, 7) is 1.84. The van der Waals surface area contributed by atoms with E-state index in [1.807, 2.05) is 19.2 Å². The zero-order chi connectivity index (χ0) is 16.8. The van der Waals surface area contributed by atoms with Crippen LogP contribution in [0.1, 0.15) is 44.1 Å². The van der Waals surface area contributed by atoms with E-state index in [9.17, 15) is 14.3 Å². The number of halogens is 1. The van der Waals surface area contributed by atoms with E-state index in [1.165, 1.54) is 11.6 Å². The summed E-state index contributed by atoms with van der Waals surface area (Å²) < 4.78 is 13.7. The van der Waals surface area contributed by atoms with Gasteiger partial charge in [0.1, 0.15) is 5.82 Å². The van der Waals surface area contributed by atoms with E-state index >= 15 is 0 Å². The van der Waals surface area contributed by atoms with Crippen LogP contribution in [0.15, 0.2) is 30.5 Å². The smallest absolute Gasteiger partial charge is 0.306 e. The van der Waals surface area contributed by atoms with Crippen molar-refractivity contribution in [3.8, 4) is 0 Å². The Hall–Kier alpha value is -1.97. The van der Waals surface area contributed by atoms with Crippen molar-refractivity contribution in [3.63, 3.8) is 0 Å². The highest BCUT2D eigenvalue weighted by Crippen LogP contribution is 2.54. The van der Waals surface area contributed by atoms with E-state index < -0.39 is 5.97 Å². The lowest BCUT2D eigenvalue weighted by atomic mass is 9.86. The molecule has 1 aromatic heterocycles. The summed E-state index contributed by atoms with van der Waals surface area (Å²) in [5, 5.41) is 10.2. The van der Waals surface area contributed by atoms with Crippen LogP contribution in [0.4, 0.5) is 4.39 Å². The Morgan fingerprint density at radius 1 is 1.21 bits per heavy atom. The molecule has 0 saturated heterocycles. The third-order valence-corrected chi connectivity index (χ3v) is 6.33. The molecule has 2 saturated carbocycles. The van der Waals surface area contributed by atoms with Crippen molar-refractivity contribution >= 4 is 16.9 Å². The molecule has 24 heavy (non-hydrogen) atoms. The highest BCUT2D eigenvalue weighted by Gasteiger charge is 2.44. The summed E-state index contributed by atoms with van der Waals surface area (Å²) in [5.74, 6) is 0.831. The first-order chi connectivity index (χ1) is 11.5. The molecule has 2 aliphatic rings. The van der Waals surface area contributed by atoms with Gasteiger partial charge in [-0.15, -0.1) is 0 Å². The summed E-state index contributed by atoms with van der Waals surface area (Å²) in [6.07, 6.45) is 6.03. The Balaban J connectivity index is 1.56. The fourth-order valence-electron chi connectivity index (χ4n) is 5.02. The number of nitrogens with zero attached hydrogens (tertiary/aromatic N) is 1. The Kier molecular flexibility index (Phi) is 3.78. The van der Waals surface area contributed by atoms with Crippen LogP contribution in [0.2, 0.25) is 0 Å². The number of pyridine rings is 1. The maximum atomic E-state index is 13.7. The molecule has 2 fully saturated rings. The second-order valence-electron chi connectivity index (χ2n) is 7.61. The van der Waals surface area contributed by atoms with Crippen molar-refractivity contribution in [2.45, 2.75) is 38.5 Å². The van der Waals surface area contributed by atoms with Crippen molar-refractivity contribution in [2.24, 2.45) is 23.7 Å². The van der Waals surface area contributed by atoms with E-state index in [0.717, 1.165) is 36.6 Å². The number of carbonyl (C=O) groups is 1. The number of carboxylic acids is 1. The summed E-state index contributed by atoms with van der Waals surface area (Å²) >= 11 is 0. The minimum absolute atomic E-state index is 0.217. The van der Waals surface area contributed by atoms with Crippen LogP contribution in [0.3, 0.4) is 0 Å². The average molecular weight is 327 g/mol. The second kappa shape index (κ2) is 5.83. The fraction of sp³-hybridized carbons (Fsp3) is 0.500. The molecule has 0 bridgehead atoms. The third-order valence-electron chi connectivity index (χ3n) is 6.33. The zero-order valence-corrected chi connectivity index (χ0v) is 13.8. The van der Waals surface area contributed by atoms with Gasteiger partial charge >= 0.3 is 5.97 Å². The minimum atomic E-state index is -0.674. The molecule has 0 amide bonds. The Morgan fingerprint density at radius 2 is 1.92 bits per heavy atom. The molecule has 5 atom stereocenters. The summed E-state index contributed by atoms with van der Waals surface area (Å²) in [4.78, 5) is 15.6. The van der Waals surface area contributed by atoms with E-state index in [4.69, 9.17) is 0 Å². The molecule has 1 aromatic carbocycles. The molecule has 0 radical (unpaired) electrons. The minimum Gasteiger partial charge on any atom is -0.481 e. The number of aromatic nitrogens is 1. The lowest BCUT2D eigenvalue weighted by Crippen LogP contribution is -2.19. The van der Waals surface area contributed by atoms with Gasteiger partial charge in [-0.2, -0.15) is 0 Å². The first-order valence-corrected chi connectivity index (χ1v) is 8.80. The molecule has 4 heteroatoms. The SMILES string of the molecule is CC(C(=O)O)[C@H]1C[C@H]2C[C@@H](c3ccnc4ccc(F)cc34)C[C@H]2C1. The number of hydrogen-bond donors (Lipinski definition) is 1. The maximum absolute atomic E-state index is 13.7. The van der Waals surface area contributed by atoms with E-state index in [-0.39, 0.29) is 11.7 Å². The van der Waals surface area contributed by atoms with E-state index in [2.05, 4.69) is 4.98 Å². The molecule has 0 aliphatic heterocycles. The lowest BCUT2D eigenvalue weighted by molar-refractivity contribution is -0.142. The van der Waals surface area contributed by atoms with Gasteiger partial charge in [-0.25, -0.2) is 4.39 Å². The number of aliphatic carboxylic acids is 1. The highest BCUT2D eigenvalue weighted by molar-refractivity contribution is 5.82. The van der Waals surface area contributed by atoms with Gasteiger partial charge in [0.2, 0.25) is 0 Å².